The number of ether oxygens (including phenoxy) is 1. The van der Waals surface area contributed by atoms with E-state index in [0.29, 0.717) is 31.8 Å². The molecule has 0 unspecified atom stereocenters. The number of rotatable bonds is 7. The van der Waals surface area contributed by atoms with Crippen molar-refractivity contribution in [2.24, 2.45) is 11.7 Å². The van der Waals surface area contributed by atoms with Gasteiger partial charge in [-0.1, -0.05) is 32.0 Å². The van der Waals surface area contributed by atoms with Gasteiger partial charge in [0.2, 0.25) is 11.8 Å². The molecule has 1 atom stereocenters. The molecule has 26 heavy (non-hydrogen) atoms. The van der Waals surface area contributed by atoms with Crippen LogP contribution < -0.4 is 15.8 Å². The lowest BCUT2D eigenvalue weighted by Gasteiger charge is -2.33. The summed E-state index contributed by atoms with van der Waals surface area (Å²) in [7, 11) is 1.61. The molecule has 1 heterocycles. The molecule has 0 saturated carbocycles. The van der Waals surface area contributed by atoms with Crippen molar-refractivity contribution in [1.82, 2.24) is 10.2 Å². The molecule has 1 aliphatic heterocycles. The van der Waals surface area contributed by atoms with Gasteiger partial charge in [0, 0.05) is 24.7 Å². The maximum Gasteiger partial charge on any atom is 0.237 e. The largest absolute Gasteiger partial charge is 0.496 e. The van der Waals surface area contributed by atoms with Crippen molar-refractivity contribution in [1.29, 1.82) is 0 Å². The van der Waals surface area contributed by atoms with Crippen LogP contribution in [-0.2, 0) is 16.0 Å². The molecular weight excluding hydrogens is 330 g/mol. The first-order valence-corrected chi connectivity index (χ1v) is 9.36. The van der Waals surface area contributed by atoms with Gasteiger partial charge in [-0.25, -0.2) is 0 Å². The molecule has 144 valence electrons. The maximum atomic E-state index is 12.6. The van der Waals surface area contributed by atoms with Crippen LogP contribution in [0.25, 0.3) is 0 Å². The second kappa shape index (κ2) is 9.57. The number of likely N-dealkylation sites (tertiary alicyclic amines) is 1. The third-order valence-corrected chi connectivity index (χ3v) is 4.79. The van der Waals surface area contributed by atoms with Crippen molar-refractivity contribution in [3.8, 4) is 5.75 Å². The van der Waals surface area contributed by atoms with E-state index in [1.54, 1.807) is 7.11 Å². The van der Waals surface area contributed by atoms with Crippen LogP contribution in [0.5, 0.6) is 5.75 Å². The summed E-state index contributed by atoms with van der Waals surface area (Å²) in [6.45, 7) is 5.41. The minimum atomic E-state index is -0.458. The smallest absolute Gasteiger partial charge is 0.237 e. The van der Waals surface area contributed by atoms with E-state index < -0.39 is 6.04 Å². The molecule has 0 aromatic heterocycles. The average molecular weight is 361 g/mol. The molecule has 1 saturated heterocycles. The average Bonchev–Trinajstić information content (AvgIpc) is 2.62. The van der Waals surface area contributed by atoms with E-state index in [1.807, 2.05) is 29.2 Å². The highest BCUT2D eigenvalue weighted by Crippen LogP contribution is 2.20. The Labute approximate surface area is 156 Å². The molecule has 3 N–H and O–H groups in total. The number of nitrogens with one attached hydrogen (secondary N) is 1. The predicted molar refractivity (Wildman–Crippen MR) is 102 cm³/mol. The van der Waals surface area contributed by atoms with Crippen molar-refractivity contribution in [3.63, 3.8) is 0 Å². The van der Waals surface area contributed by atoms with Gasteiger partial charge in [0.1, 0.15) is 5.75 Å². The van der Waals surface area contributed by atoms with Crippen LogP contribution in [0.4, 0.5) is 0 Å². The minimum absolute atomic E-state index is 0.0856. The number of amides is 2. The first-order valence-electron chi connectivity index (χ1n) is 9.36. The summed E-state index contributed by atoms with van der Waals surface area (Å²) in [6.07, 6.45) is 2.54. The molecule has 6 nitrogen and oxygen atoms in total. The zero-order chi connectivity index (χ0) is 19.1. The molecular formula is C20H31N3O3. The summed E-state index contributed by atoms with van der Waals surface area (Å²) in [5, 5.41) is 3.03. The zero-order valence-corrected chi connectivity index (χ0v) is 16.0. The zero-order valence-electron chi connectivity index (χ0n) is 16.0. The maximum absolute atomic E-state index is 12.6. The first-order chi connectivity index (χ1) is 12.4. The molecule has 1 aromatic rings. The van der Waals surface area contributed by atoms with Crippen LogP contribution in [0.2, 0.25) is 0 Å². The molecule has 6 heteroatoms. The molecule has 1 fully saturated rings. The van der Waals surface area contributed by atoms with Crippen LogP contribution in [0.1, 0.15) is 38.7 Å². The van der Waals surface area contributed by atoms with Gasteiger partial charge in [-0.15, -0.1) is 0 Å². The van der Waals surface area contributed by atoms with E-state index in [-0.39, 0.29) is 17.9 Å². The highest BCUT2D eigenvalue weighted by Gasteiger charge is 2.26. The summed E-state index contributed by atoms with van der Waals surface area (Å²) in [4.78, 5) is 26.6. The lowest BCUT2D eigenvalue weighted by molar-refractivity contribution is -0.131. The fraction of sp³-hybridized carbons (Fsp3) is 0.600. The molecule has 0 aliphatic carbocycles. The number of carbonyl (C=O) groups excluding carboxylic acids is 2. The number of nitrogens with zero attached hydrogens (tertiary/aromatic N) is 1. The second-order valence-corrected chi connectivity index (χ2v) is 7.39. The van der Waals surface area contributed by atoms with E-state index in [1.165, 1.54) is 0 Å². The van der Waals surface area contributed by atoms with E-state index in [2.05, 4.69) is 19.2 Å². The Balaban J connectivity index is 1.80. The lowest BCUT2D eigenvalue weighted by atomic mass is 10.0. The van der Waals surface area contributed by atoms with Gasteiger partial charge in [-0.2, -0.15) is 0 Å². The van der Waals surface area contributed by atoms with Crippen LogP contribution in [0.15, 0.2) is 24.3 Å². The van der Waals surface area contributed by atoms with Crippen LogP contribution in [0, 0.1) is 5.92 Å². The number of methoxy groups -OCH3 is 1. The molecule has 1 aliphatic rings. The van der Waals surface area contributed by atoms with Crippen molar-refractivity contribution in [3.05, 3.63) is 29.8 Å². The Morgan fingerprint density at radius 1 is 1.27 bits per heavy atom. The number of nitrogens with two attached hydrogens (primary N) is 1. The van der Waals surface area contributed by atoms with Crippen molar-refractivity contribution < 1.29 is 14.3 Å². The van der Waals surface area contributed by atoms with Gasteiger partial charge in [0.15, 0.2) is 0 Å². The molecule has 2 amide bonds. The van der Waals surface area contributed by atoms with Crippen LogP contribution in [0.3, 0.4) is 0 Å². The van der Waals surface area contributed by atoms with Crippen LogP contribution in [-0.4, -0.2) is 49.0 Å². The molecule has 1 aromatic carbocycles. The normalized spacial score (nSPS) is 16.4. The van der Waals surface area contributed by atoms with Gasteiger partial charge in [0.05, 0.1) is 19.6 Å². The van der Waals surface area contributed by atoms with Gasteiger partial charge in [0.25, 0.3) is 0 Å². The Bertz CT molecular complexity index is 610. The fourth-order valence-corrected chi connectivity index (χ4v) is 3.32. The number of benzene rings is 1. The first kappa shape index (κ1) is 20.2. The monoisotopic (exact) mass is 361 g/mol. The van der Waals surface area contributed by atoms with Gasteiger partial charge < -0.3 is 20.7 Å². The van der Waals surface area contributed by atoms with Gasteiger partial charge >= 0.3 is 0 Å². The summed E-state index contributed by atoms with van der Waals surface area (Å²) in [6, 6.07) is 7.22. The van der Waals surface area contributed by atoms with Crippen molar-refractivity contribution >= 4 is 11.8 Å². The Kier molecular flexibility index (Phi) is 7.45. The SMILES string of the molecule is COc1ccccc1CC(=O)N1CCC(NC(=O)[C@@H](N)CC(C)C)CC1. The lowest BCUT2D eigenvalue weighted by Crippen LogP contribution is -2.51. The highest BCUT2D eigenvalue weighted by atomic mass is 16.5. The van der Waals surface area contributed by atoms with Crippen LogP contribution >= 0.6 is 0 Å². The van der Waals surface area contributed by atoms with Gasteiger partial charge in [-0.3, -0.25) is 9.59 Å². The standard InChI is InChI=1S/C20H31N3O3/c1-14(2)12-17(21)20(25)22-16-8-10-23(11-9-16)19(24)13-15-6-4-5-7-18(15)26-3/h4-7,14,16-17H,8-13,21H2,1-3H3,(H,22,25)/t17-/m0/s1. The quantitative estimate of drug-likeness (QED) is 0.774. The van der Waals surface area contributed by atoms with Gasteiger partial charge in [-0.05, 0) is 31.2 Å². The number of hydrogen-bond acceptors (Lipinski definition) is 4. The molecule has 0 spiro atoms. The van der Waals surface area contributed by atoms with E-state index in [9.17, 15) is 9.59 Å². The molecule has 2 rings (SSSR count). The topological polar surface area (TPSA) is 84.7 Å². The molecule has 0 bridgehead atoms. The summed E-state index contributed by atoms with van der Waals surface area (Å²) >= 11 is 0. The Hall–Kier alpha value is -2.08. The third-order valence-electron chi connectivity index (χ3n) is 4.79. The van der Waals surface area contributed by atoms with E-state index in [0.717, 1.165) is 24.2 Å². The van der Waals surface area contributed by atoms with E-state index in [4.69, 9.17) is 10.5 Å². The number of piperidine rings is 1. The Morgan fingerprint density at radius 3 is 2.54 bits per heavy atom. The third kappa shape index (κ3) is 5.73. The minimum Gasteiger partial charge on any atom is -0.496 e. The second-order valence-electron chi connectivity index (χ2n) is 7.39. The number of carbonyl (C=O) groups is 2. The highest BCUT2D eigenvalue weighted by molar-refractivity contribution is 5.82. The molecule has 0 radical (unpaired) electrons. The van der Waals surface area contributed by atoms with E-state index >= 15 is 0 Å². The predicted octanol–water partition coefficient (Wildman–Crippen LogP) is 1.72. The summed E-state index contributed by atoms with van der Waals surface area (Å²) in [5.74, 6) is 1.14. The van der Waals surface area contributed by atoms with Crippen molar-refractivity contribution in [2.75, 3.05) is 20.2 Å². The summed E-state index contributed by atoms with van der Waals surface area (Å²) < 4.78 is 5.31. The van der Waals surface area contributed by atoms with Crippen molar-refractivity contribution in [2.45, 2.75) is 51.6 Å². The Morgan fingerprint density at radius 2 is 1.92 bits per heavy atom. The summed E-state index contributed by atoms with van der Waals surface area (Å²) in [5.41, 5.74) is 6.83. The number of hydrogen-bond donors (Lipinski definition) is 2. The number of para-hydroxylation sites is 1. The fourth-order valence-electron chi connectivity index (χ4n) is 3.32.